The van der Waals surface area contributed by atoms with E-state index in [0.29, 0.717) is 0 Å². The van der Waals surface area contributed by atoms with Gasteiger partial charge in [0.25, 0.3) is 0 Å². The van der Waals surface area contributed by atoms with Gasteiger partial charge in [0.2, 0.25) is 0 Å². The smallest absolute Gasteiger partial charge is 0.0957 e. The third kappa shape index (κ3) is 2.76. The molecule has 0 bridgehead atoms. The van der Waals surface area contributed by atoms with Crippen molar-refractivity contribution in [2.45, 2.75) is 37.3 Å². The van der Waals surface area contributed by atoms with E-state index < -0.39 is 0 Å². The Morgan fingerprint density at radius 1 is 1.20 bits per heavy atom. The van der Waals surface area contributed by atoms with Gasteiger partial charge in [-0.3, -0.25) is 4.90 Å². The minimum Gasteiger partial charge on any atom is -0.387 e. The summed E-state index contributed by atoms with van der Waals surface area (Å²) < 4.78 is 0. The van der Waals surface area contributed by atoms with E-state index in [9.17, 15) is 5.11 Å². The Labute approximate surface area is 122 Å². The molecule has 1 saturated carbocycles. The van der Waals surface area contributed by atoms with Gasteiger partial charge in [-0.1, -0.05) is 30.7 Å². The molecule has 1 heterocycles. The van der Waals surface area contributed by atoms with Crippen molar-refractivity contribution in [3.63, 3.8) is 0 Å². The molecule has 3 heteroatoms. The predicted molar refractivity (Wildman–Crippen MR) is 81.9 cm³/mol. The third-order valence-corrected chi connectivity index (χ3v) is 5.09. The normalized spacial score (nSPS) is 27.2. The molecule has 3 nitrogen and oxygen atoms in total. The van der Waals surface area contributed by atoms with Crippen molar-refractivity contribution in [2.24, 2.45) is 0 Å². The van der Waals surface area contributed by atoms with Crippen LogP contribution in [0.3, 0.4) is 0 Å². The van der Waals surface area contributed by atoms with Crippen LogP contribution in [0.2, 0.25) is 0 Å². The Morgan fingerprint density at radius 3 is 2.70 bits per heavy atom. The van der Waals surface area contributed by atoms with Crippen LogP contribution < -0.4 is 0 Å². The molecular formula is C17H26N2O. The van der Waals surface area contributed by atoms with Crippen LogP contribution in [0.25, 0.3) is 0 Å². The minimum absolute atomic E-state index is 0.199. The summed E-state index contributed by atoms with van der Waals surface area (Å²) in [4.78, 5) is 4.60. The molecule has 0 aromatic heterocycles. The van der Waals surface area contributed by atoms with Gasteiger partial charge >= 0.3 is 0 Å². The summed E-state index contributed by atoms with van der Waals surface area (Å²) in [6.07, 6.45) is 3.59. The zero-order valence-corrected chi connectivity index (χ0v) is 12.6. The lowest BCUT2D eigenvalue weighted by atomic mass is 9.79. The Kier molecular flexibility index (Phi) is 4.11. The van der Waals surface area contributed by atoms with Gasteiger partial charge in [0.05, 0.1) is 12.1 Å². The van der Waals surface area contributed by atoms with Crippen LogP contribution in [0.1, 0.15) is 42.4 Å². The van der Waals surface area contributed by atoms with Crippen molar-refractivity contribution in [1.29, 1.82) is 0 Å². The van der Waals surface area contributed by atoms with Crippen LogP contribution in [0.4, 0.5) is 0 Å². The number of aliphatic hydroxyl groups excluding tert-OH is 1. The topological polar surface area (TPSA) is 26.7 Å². The highest BCUT2D eigenvalue weighted by Gasteiger charge is 2.30. The number of hydrogen-bond acceptors (Lipinski definition) is 3. The molecule has 1 saturated heterocycles. The molecular weight excluding hydrogens is 248 g/mol. The number of likely N-dealkylation sites (N-methyl/N-ethyl adjacent to an activating group) is 2. The molecule has 20 heavy (non-hydrogen) atoms. The summed E-state index contributed by atoms with van der Waals surface area (Å²) in [6.45, 7) is 3.05. The van der Waals surface area contributed by atoms with Crippen LogP contribution in [0.15, 0.2) is 24.3 Å². The summed E-state index contributed by atoms with van der Waals surface area (Å²) in [5.74, 6) is 0.730. The molecule has 3 rings (SSSR count). The Hall–Kier alpha value is -0.900. The van der Waals surface area contributed by atoms with E-state index in [1.54, 1.807) is 0 Å². The van der Waals surface area contributed by atoms with Gasteiger partial charge in [0.15, 0.2) is 0 Å². The second-order valence-electron chi connectivity index (χ2n) is 6.55. The first-order valence-electron chi connectivity index (χ1n) is 7.82. The van der Waals surface area contributed by atoms with Crippen molar-refractivity contribution in [1.82, 2.24) is 9.80 Å². The van der Waals surface area contributed by atoms with E-state index in [1.165, 1.54) is 24.8 Å². The largest absolute Gasteiger partial charge is 0.387 e. The average Bonchev–Trinajstić information content (AvgIpc) is 2.39. The van der Waals surface area contributed by atoms with Crippen molar-refractivity contribution in [3.8, 4) is 0 Å². The van der Waals surface area contributed by atoms with Crippen molar-refractivity contribution >= 4 is 0 Å². The molecule has 1 N–H and O–H groups in total. The Morgan fingerprint density at radius 2 is 2.00 bits per heavy atom. The quantitative estimate of drug-likeness (QED) is 0.915. The first-order chi connectivity index (χ1) is 9.65. The molecule has 0 amide bonds. The molecule has 2 unspecified atom stereocenters. The zero-order chi connectivity index (χ0) is 14.1. The molecule has 0 radical (unpaired) electrons. The van der Waals surface area contributed by atoms with Gasteiger partial charge in [-0.25, -0.2) is 0 Å². The fourth-order valence-electron chi connectivity index (χ4n) is 3.35. The number of hydrogen-bond donors (Lipinski definition) is 1. The zero-order valence-electron chi connectivity index (χ0n) is 12.6. The lowest BCUT2D eigenvalue weighted by Gasteiger charge is -2.40. The minimum atomic E-state index is -0.386. The van der Waals surface area contributed by atoms with E-state index in [0.717, 1.165) is 31.1 Å². The molecule has 2 atom stereocenters. The monoisotopic (exact) mass is 274 g/mol. The number of benzene rings is 1. The SMILES string of the molecule is CN1CCN(C)C(C(O)c2cccc(C3CCC3)c2)C1. The Balaban J connectivity index is 1.76. The lowest BCUT2D eigenvalue weighted by Crippen LogP contribution is -2.52. The summed E-state index contributed by atoms with van der Waals surface area (Å²) in [6, 6.07) is 8.84. The first-order valence-corrected chi connectivity index (χ1v) is 7.82. The second-order valence-corrected chi connectivity index (χ2v) is 6.55. The van der Waals surface area contributed by atoms with Crippen molar-refractivity contribution < 1.29 is 5.11 Å². The molecule has 2 aliphatic rings. The van der Waals surface area contributed by atoms with Crippen molar-refractivity contribution in [2.75, 3.05) is 33.7 Å². The van der Waals surface area contributed by atoms with Gasteiger partial charge in [-0.2, -0.15) is 0 Å². The van der Waals surface area contributed by atoms with Crippen LogP contribution in [-0.2, 0) is 0 Å². The summed E-state index contributed by atoms with van der Waals surface area (Å²) >= 11 is 0. The fraction of sp³-hybridized carbons (Fsp3) is 0.647. The standard InChI is InChI=1S/C17H26N2O/c1-18-9-10-19(2)16(12-18)17(20)15-8-4-7-14(11-15)13-5-3-6-13/h4,7-8,11,13,16-17,20H,3,5-6,9-10,12H2,1-2H3. The van der Waals surface area contributed by atoms with Crippen LogP contribution in [0.5, 0.6) is 0 Å². The first kappa shape index (κ1) is 14.1. The van der Waals surface area contributed by atoms with E-state index in [1.807, 2.05) is 0 Å². The van der Waals surface area contributed by atoms with Gasteiger partial charge in [0.1, 0.15) is 0 Å². The summed E-state index contributed by atoms with van der Waals surface area (Å²) in [5, 5.41) is 10.8. The number of nitrogens with zero attached hydrogens (tertiary/aromatic N) is 2. The van der Waals surface area contributed by atoms with Gasteiger partial charge in [-0.15, -0.1) is 0 Å². The second kappa shape index (κ2) is 5.84. The highest BCUT2D eigenvalue weighted by molar-refractivity contribution is 5.29. The van der Waals surface area contributed by atoms with Gasteiger partial charge < -0.3 is 10.0 Å². The van der Waals surface area contributed by atoms with Crippen molar-refractivity contribution in [3.05, 3.63) is 35.4 Å². The molecule has 110 valence electrons. The Bertz CT molecular complexity index is 458. The molecule has 2 fully saturated rings. The van der Waals surface area contributed by atoms with E-state index in [2.05, 4.69) is 48.2 Å². The maximum Gasteiger partial charge on any atom is 0.0957 e. The molecule has 1 aliphatic heterocycles. The number of aliphatic hydroxyl groups is 1. The van der Waals surface area contributed by atoms with E-state index >= 15 is 0 Å². The molecule has 1 aromatic rings. The highest BCUT2D eigenvalue weighted by Crippen LogP contribution is 2.37. The summed E-state index contributed by atoms with van der Waals surface area (Å²) in [5.41, 5.74) is 2.50. The van der Waals surface area contributed by atoms with E-state index in [-0.39, 0.29) is 12.1 Å². The number of rotatable bonds is 3. The van der Waals surface area contributed by atoms with Crippen LogP contribution >= 0.6 is 0 Å². The third-order valence-electron chi connectivity index (χ3n) is 5.09. The van der Waals surface area contributed by atoms with E-state index in [4.69, 9.17) is 0 Å². The number of piperazine rings is 1. The van der Waals surface area contributed by atoms with Gasteiger partial charge in [-0.05, 0) is 44.0 Å². The molecule has 1 aromatic carbocycles. The average molecular weight is 274 g/mol. The van der Waals surface area contributed by atoms with Crippen LogP contribution in [0, 0.1) is 0 Å². The van der Waals surface area contributed by atoms with Crippen LogP contribution in [-0.4, -0.2) is 54.7 Å². The van der Waals surface area contributed by atoms with Gasteiger partial charge in [0, 0.05) is 19.6 Å². The molecule has 1 aliphatic carbocycles. The maximum absolute atomic E-state index is 10.8. The predicted octanol–water partition coefficient (Wildman–Crippen LogP) is 2.23. The summed E-state index contributed by atoms with van der Waals surface area (Å²) in [7, 11) is 4.26. The fourth-order valence-corrected chi connectivity index (χ4v) is 3.35. The molecule has 0 spiro atoms. The maximum atomic E-state index is 10.8. The highest BCUT2D eigenvalue weighted by atomic mass is 16.3. The lowest BCUT2D eigenvalue weighted by molar-refractivity contribution is 0.0138.